The predicted octanol–water partition coefficient (Wildman–Crippen LogP) is 0.611. The molecule has 0 fully saturated rings. The number of nitro groups is 1. The average Bonchev–Trinajstić information content (AvgIpc) is 2.37. The monoisotopic (exact) mass is 267 g/mol. The van der Waals surface area contributed by atoms with Gasteiger partial charge in [0.1, 0.15) is 5.75 Å². The van der Waals surface area contributed by atoms with E-state index in [2.05, 4.69) is 5.32 Å². The predicted molar refractivity (Wildman–Crippen MR) is 70.0 cm³/mol. The summed E-state index contributed by atoms with van der Waals surface area (Å²) in [5.74, 6) is 0.108. The number of ether oxygens (including phenoxy) is 1. The number of nitrogens with zero attached hydrogens (tertiary/aromatic N) is 1. The minimum atomic E-state index is -0.458. The Labute approximate surface area is 110 Å². The molecule has 0 spiro atoms. The highest BCUT2D eigenvalue weighted by Crippen LogP contribution is 2.25. The Morgan fingerprint density at radius 2 is 2.26 bits per heavy atom. The summed E-state index contributed by atoms with van der Waals surface area (Å²) in [6.45, 7) is 0.792. The molecule has 0 aromatic heterocycles. The third kappa shape index (κ3) is 4.92. The van der Waals surface area contributed by atoms with Gasteiger partial charge in [0.25, 0.3) is 5.69 Å². The van der Waals surface area contributed by atoms with Gasteiger partial charge in [-0.25, -0.2) is 0 Å². The zero-order valence-electron chi connectivity index (χ0n) is 10.7. The Balaban J connectivity index is 2.53. The van der Waals surface area contributed by atoms with Crippen molar-refractivity contribution in [3.05, 3.63) is 33.9 Å². The van der Waals surface area contributed by atoms with Crippen LogP contribution in [-0.4, -0.2) is 31.0 Å². The van der Waals surface area contributed by atoms with Gasteiger partial charge in [-0.2, -0.15) is 0 Å². The summed E-state index contributed by atoms with van der Waals surface area (Å²) in [5.41, 5.74) is 5.90. The molecule has 0 aliphatic heterocycles. The van der Waals surface area contributed by atoms with E-state index in [0.29, 0.717) is 18.7 Å². The third-order valence-corrected chi connectivity index (χ3v) is 2.58. The van der Waals surface area contributed by atoms with E-state index in [0.717, 1.165) is 12.0 Å². The molecule has 0 heterocycles. The fourth-order valence-corrected chi connectivity index (χ4v) is 1.67. The molecule has 1 aromatic rings. The number of benzene rings is 1. The van der Waals surface area contributed by atoms with Crippen molar-refractivity contribution in [2.45, 2.75) is 12.8 Å². The van der Waals surface area contributed by atoms with Crippen LogP contribution in [0.3, 0.4) is 0 Å². The summed E-state index contributed by atoms with van der Waals surface area (Å²) in [5, 5.41) is 13.5. The Kier molecular flexibility index (Phi) is 5.74. The second-order valence-corrected chi connectivity index (χ2v) is 4.00. The van der Waals surface area contributed by atoms with Crippen LogP contribution in [0, 0.1) is 10.1 Å². The summed E-state index contributed by atoms with van der Waals surface area (Å²) in [6, 6.07) is 4.55. The van der Waals surface area contributed by atoms with Crippen LogP contribution in [0.2, 0.25) is 0 Å². The van der Waals surface area contributed by atoms with Gasteiger partial charge < -0.3 is 15.8 Å². The van der Waals surface area contributed by atoms with E-state index in [-0.39, 0.29) is 12.2 Å². The third-order valence-electron chi connectivity index (χ3n) is 2.58. The molecule has 0 saturated carbocycles. The van der Waals surface area contributed by atoms with Crippen LogP contribution in [0.25, 0.3) is 0 Å². The van der Waals surface area contributed by atoms with Gasteiger partial charge in [0.2, 0.25) is 5.91 Å². The summed E-state index contributed by atoms with van der Waals surface area (Å²) < 4.78 is 5.13. The number of carbonyl (C=O) groups excluding carboxylic acids is 1. The van der Waals surface area contributed by atoms with Crippen molar-refractivity contribution in [3.8, 4) is 5.75 Å². The van der Waals surface area contributed by atoms with Crippen LogP contribution < -0.4 is 15.8 Å². The molecule has 1 rings (SSSR count). The van der Waals surface area contributed by atoms with Crippen molar-refractivity contribution in [3.63, 3.8) is 0 Å². The number of nitrogens with one attached hydrogen (secondary N) is 1. The molecule has 0 saturated heterocycles. The normalized spacial score (nSPS) is 10.2. The zero-order valence-corrected chi connectivity index (χ0v) is 10.7. The maximum Gasteiger partial charge on any atom is 0.273 e. The molecule has 0 aliphatic carbocycles. The number of aryl methyl sites for hydroxylation is 1. The standard InChI is InChI=1S/C12H17N3O4/c1-19-11-7-10(15(17)18)5-4-9(11)3-2-6-14-8-12(13)16/h4-5,7,14H,2-3,6,8H2,1H3,(H2,13,16). The van der Waals surface area contributed by atoms with Crippen LogP contribution in [-0.2, 0) is 11.2 Å². The SMILES string of the molecule is COc1cc([N+](=O)[O-])ccc1CCCNCC(N)=O. The second-order valence-electron chi connectivity index (χ2n) is 4.00. The number of nitro benzene ring substituents is 1. The fraction of sp³-hybridized carbons (Fsp3) is 0.417. The number of hydrogen-bond acceptors (Lipinski definition) is 5. The lowest BCUT2D eigenvalue weighted by molar-refractivity contribution is -0.384. The molecule has 0 bridgehead atoms. The molecule has 0 aliphatic rings. The largest absolute Gasteiger partial charge is 0.496 e. The average molecular weight is 267 g/mol. The number of carbonyl (C=O) groups is 1. The number of nitrogens with two attached hydrogens (primary N) is 1. The first-order valence-corrected chi connectivity index (χ1v) is 5.85. The van der Waals surface area contributed by atoms with Gasteiger partial charge >= 0.3 is 0 Å². The van der Waals surface area contributed by atoms with Crippen molar-refractivity contribution >= 4 is 11.6 Å². The summed E-state index contributed by atoms with van der Waals surface area (Å²) in [6.07, 6.45) is 1.48. The number of hydrogen-bond donors (Lipinski definition) is 2. The molecular weight excluding hydrogens is 250 g/mol. The topological polar surface area (TPSA) is 107 Å². The van der Waals surface area contributed by atoms with E-state index in [1.165, 1.54) is 19.2 Å². The van der Waals surface area contributed by atoms with E-state index in [9.17, 15) is 14.9 Å². The van der Waals surface area contributed by atoms with E-state index >= 15 is 0 Å². The Morgan fingerprint density at radius 1 is 1.53 bits per heavy atom. The zero-order chi connectivity index (χ0) is 14.3. The van der Waals surface area contributed by atoms with Crippen molar-refractivity contribution < 1.29 is 14.5 Å². The fourth-order valence-electron chi connectivity index (χ4n) is 1.67. The summed E-state index contributed by atoms with van der Waals surface area (Å²) >= 11 is 0. The van der Waals surface area contributed by atoms with Crippen LogP contribution in [0.15, 0.2) is 18.2 Å². The van der Waals surface area contributed by atoms with Gasteiger partial charge in [0, 0.05) is 6.07 Å². The van der Waals surface area contributed by atoms with Gasteiger partial charge in [0.15, 0.2) is 0 Å². The van der Waals surface area contributed by atoms with Gasteiger partial charge in [-0.05, 0) is 31.0 Å². The number of primary amides is 1. The van der Waals surface area contributed by atoms with Crippen LogP contribution in [0.4, 0.5) is 5.69 Å². The van der Waals surface area contributed by atoms with Crippen molar-refractivity contribution in [1.82, 2.24) is 5.32 Å². The molecule has 1 aromatic carbocycles. The van der Waals surface area contributed by atoms with Crippen molar-refractivity contribution in [2.75, 3.05) is 20.2 Å². The van der Waals surface area contributed by atoms with E-state index in [1.807, 2.05) is 0 Å². The Bertz CT molecular complexity index is 462. The Morgan fingerprint density at radius 3 is 2.84 bits per heavy atom. The Hall–Kier alpha value is -2.15. The molecule has 7 heteroatoms. The lowest BCUT2D eigenvalue weighted by atomic mass is 10.1. The second kappa shape index (κ2) is 7.32. The highest BCUT2D eigenvalue weighted by Gasteiger charge is 2.10. The quantitative estimate of drug-likeness (QED) is 0.407. The van der Waals surface area contributed by atoms with Crippen molar-refractivity contribution in [1.29, 1.82) is 0 Å². The molecule has 1 amide bonds. The highest BCUT2D eigenvalue weighted by atomic mass is 16.6. The van der Waals surface area contributed by atoms with Gasteiger partial charge in [-0.1, -0.05) is 0 Å². The van der Waals surface area contributed by atoms with Crippen LogP contribution >= 0.6 is 0 Å². The van der Waals surface area contributed by atoms with Gasteiger partial charge in [-0.15, -0.1) is 0 Å². The first-order valence-electron chi connectivity index (χ1n) is 5.85. The first kappa shape index (κ1) is 14.9. The lowest BCUT2D eigenvalue weighted by Gasteiger charge is -2.08. The molecule has 104 valence electrons. The maximum absolute atomic E-state index is 10.6. The van der Waals surface area contributed by atoms with E-state index in [1.54, 1.807) is 6.07 Å². The number of methoxy groups -OCH3 is 1. The smallest absolute Gasteiger partial charge is 0.273 e. The molecule has 7 nitrogen and oxygen atoms in total. The first-order chi connectivity index (χ1) is 9.04. The number of amides is 1. The lowest BCUT2D eigenvalue weighted by Crippen LogP contribution is -2.29. The summed E-state index contributed by atoms with van der Waals surface area (Å²) in [7, 11) is 1.48. The molecule has 0 radical (unpaired) electrons. The number of non-ortho nitro benzene ring substituents is 1. The minimum Gasteiger partial charge on any atom is -0.496 e. The van der Waals surface area contributed by atoms with Crippen molar-refractivity contribution in [2.24, 2.45) is 5.73 Å². The highest BCUT2D eigenvalue weighted by molar-refractivity contribution is 5.75. The van der Waals surface area contributed by atoms with E-state index < -0.39 is 10.8 Å². The molecule has 3 N–H and O–H groups in total. The molecule has 0 atom stereocenters. The number of rotatable bonds is 8. The molecule has 0 unspecified atom stereocenters. The summed E-state index contributed by atoms with van der Waals surface area (Å²) in [4.78, 5) is 20.7. The van der Waals surface area contributed by atoms with Crippen LogP contribution in [0.1, 0.15) is 12.0 Å². The maximum atomic E-state index is 10.6. The molecule has 19 heavy (non-hydrogen) atoms. The van der Waals surface area contributed by atoms with Crippen LogP contribution in [0.5, 0.6) is 5.75 Å². The van der Waals surface area contributed by atoms with Gasteiger partial charge in [-0.3, -0.25) is 14.9 Å². The molecular formula is C12H17N3O4. The van der Waals surface area contributed by atoms with E-state index in [4.69, 9.17) is 10.5 Å². The minimum absolute atomic E-state index is 0.00690. The van der Waals surface area contributed by atoms with Gasteiger partial charge in [0.05, 0.1) is 24.6 Å².